The molecule has 12 heteroatoms. The van der Waals surface area contributed by atoms with Crippen molar-refractivity contribution in [2.45, 2.75) is 77.9 Å². The van der Waals surface area contributed by atoms with E-state index in [1.807, 2.05) is 73.0 Å². The van der Waals surface area contributed by atoms with E-state index in [4.69, 9.17) is 9.15 Å². The second kappa shape index (κ2) is 11.6. The molecule has 1 aromatic carbocycles. The number of aromatic nitrogens is 6. The number of nitrogens with one attached hydrogen (secondary N) is 1. The SMILES string of the molecule is Cn1cc(Nc2ncnc(-c3ccc4c(c3)CN(C(=O)OC(C)(C)C)CC[C@H]4CC(=O)c3coc(C(C)(C)C)n3)n2)cn1. The molecule has 1 aliphatic heterocycles. The van der Waals surface area contributed by atoms with Crippen molar-refractivity contribution in [2.24, 2.45) is 7.05 Å². The summed E-state index contributed by atoms with van der Waals surface area (Å²) in [5.74, 6) is 1.14. The Labute approximate surface area is 250 Å². The number of oxazole rings is 1. The highest BCUT2D eigenvalue weighted by Gasteiger charge is 2.31. The first-order valence-electron chi connectivity index (χ1n) is 14.3. The third kappa shape index (κ3) is 7.25. The number of hydrogen-bond acceptors (Lipinski definition) is 10. The number of nitrogens with zero attached hydrogens (tertiary/aromatic N) is 7. The molecule has 3 aromatic heterocycles. The predicted molar refractivity (Wildman–Crippen MR) is 160 cm³/mol. The van der Waals surface area contributed by atoms with Crippen LogP contribution in [0.25, 0.3) is 11.4 Å². The Kier molecular flexibility index (Phi) is 8.04. The lowest BCUT2D eigenvalue weighted by Gasteiger charge is -2.26. The van der Waals surface area contributed by atoms with Gasteiger partial charge in [-0.05, 0) is 50.3 Å². The summed E-state index contributed by atoms with van der Waals surface area (Å²) in [4.78, 5) is 46.0. The highest BCUT2D eigenvalue weighted by Crippen LogP contribution is 2.35. The third-order valence-corrected chi connectivity index (χ3v) is 7.00. The molecule has 0 aliphatic carbocycles. The fourth-order valence-electron chi connectivity index (χ4n) is 4.91. The van der Waals surface area contributed by atoms with E-state index < -0.39 is 11.7 Å². The Morgan fingerprint density at radius 2 is 1.91 bits per heavy atom. The van der Waals surface area contributed by atoms with E-state index in [0.717, 1.165) is 22.4 Å². The van der Waals surface area contributed by atoms with Crippen LogP contribution in [0, 0.1) is 0 Å². The third-order valence-electron chi connectivity index (χ3n) is 7.00. The van der Waals surface area contributed by atoms with Gasteiger partial charge in [-0.3, -0.25) is 9.48 Å². The predicted octanol–water partition coefficient (Wildman–Crippen LogP) is 5.80. The first-order valence-corrected chi connectivity index (χ1v) is 14.3. The maximum Gasteiger partial charge on any atom is 0.410 e. The van der Waals surface area contributed by atoms with E-state index in [2.05, 4.69) is 30.4 Å². The van der Waals surface area contributed by atoms with Gasteiger partial charge in [0.1, 0.15) is 23.9 Å². The number of amides is 1. The molecule has 0 saturated carbocycles. The minimum Gasteiger partial charge on any atom is -0.448 e. The van der Waals surface area contributed by atoms with E-state index in [1.54, 1.807) is 15.8 Å². The van der Waals surface area contributed by atoms with Gasteiger partial charge in [0, 0.05) is 43.7 Å². The van der Waals surface area contributed by atoms with Gasteiger partial charge in [0.05, 0.1) is 11.9 Å². The highest BCUT2D eigenvalue weighted by molar-refractivity contribution is 5.94. The van der Waals surface area contributed by atoms with Gasteiger partial charge in [0.15, 0.2) is 17.5 Å². The van der Waals surface area contributed by atoms with Crippen molar-refractivity contribution in [2.75, 3.05) is 11.9 Å². The van der Waals surface area contributed by atoms with Gasteiger partial charge in [0.25, 0.3) is 0 Å². The van der Waals surface area contributed by atoms with Crippen LogP contribution in [-0.2, 0) is 23.7 Å². The normalized spacial score (nSPS) is 15.5. The lowest BCUT2D eigenvalue weighted by Crippen LogP contribution is -2.36. The van der Waals surface area contributed by atoms with E-state index in [-0.39, 0.29) is 23.5 Å². The Morgan fingerprint density at radius 3 is 2.58 bits per heavy atom. The smallest absolute Gasteiger partial charge is 0.410 e. The molecule has 226 valence electrons. The first-order chi connectivity index (χ1) is 20.2. The molecule has 0 saturated heterocycles. The first kappa shape index (κ1) is 29.9. The van der Waals surface area contributed by atoms with Crippen molar-refractivity contribution in [3.8, 4) is 11.4 Å². The molecule has 0 spiro atoms. The van der Waals surface area contributed by atoms with Crippen molar-refractivity contribution >= 4 is 23.5 Å². The molecule has 12 nitrogen and oxygen atoms in total. The van der Waals surface area contributed by atoms with Gasteiger partial charge in [-0.2, -0.15) is 10.1 Å². The average molecular weight is 587 g/mol. The second-order valence-electron chi connectivity index (χ2n) is 12.9. The van der Waals surface area contributed by atoms with E-state index in [9.17, 15) is 9.59 Å². The molecule has 1 atom stereocenters. The monoisotopic (exact) mass is 586 g/mol. The topological polar surface area (TPSA) is 141 Å². The molecular formula is C31H38N8O4. The number of carbonyl (C=O) groups is 2. The molecule has 0 radical (unpaired) electrons. The number of rotatable bonds is 6. The summed E-state index contributed by atoms with van der Waals surface area (Å²) in [7, 11) is 1.83. The summed E-state index contributed by atoms with van der Waals surface area (Å²) in [6, 6.07) is 5.92. The molecule has 0 unspecified atom stereocenters. The van der Waals surface area contributed by atoms with Crippen LogP contribution in [0.3, 0.4) is 0 Å². The van der Waals surface area contributed by atoms with Crippen LogP contribution in [0.5, 0.6) is 0 Å². The number of aryl methyl sites for hydroxylation is 1. The summed E-state index contributed by atoms with van der Waals surface area (Å²) in [5, 5.41) is 7.30. The number of carbonyl (C=O) groups excluding carboxylic acids is 2. The molecule has 4 aromatic rings. The Balaban J connectivity index is 1.45. The standard InChI is InChI=1S/C31H38N8O4/c1-30(2,3)27-36-24(17-42-27)25(40)13-19-10-11-39(29(41)43-31(4,5)6)15-21-12-20(8-9-23(19)21)26-32-18-33-28(37-26)35-22-14-34-38(7)16-22/h8-9,12,14,16-19H,10-11,13,15H2,1-7H3,(H,32,33,35,37)/t19-/m0/s1. The number of ether oxygens (including phenoxy) is 1. The number of benzene rings is 1. The molecule has 43 heavy (non-hydrogen) atoms. The lowest BCUT2D eigenvalue weighted by atomic mass is 9.87. The highest BCUT2D eigenvalue weighted by atomic mass is 16.6. The largest absolute Gasteiger partial charge is 0.448 e. The van der Waals surface area contributed by atoms with Crippen molar-refractivity contribution < 1.29 is 18.7 Å². The Morgan fingerprint density at radius 1 is 1.12 bits per heavy atom. The van der Waals surface area contributed by atoms with Crippen LogP contribution in [0.15, 0.2) is 47.6 Å². The zero-order valence-electron chi connectivity index (χ0n) is 25.7. The Bertz CT molecular complexity index is 1630. The van der Waals surface area contributed by atoms with Gasteiger partial charge in [-0.15, -0.1) is 0 Å². The summed E-state index contributed by atoms with van der Waals surface area (Å²) in [6.45, 7) is 12.3. The van der Waals surface area contributed by atoms with E-state index >= 15 is 0 Å². The molecule has 0 fully saturated rings. The van der Waals surface area contributed by atoms with E-state index in [1.165, 1.54) is 12.6 Å². The molecule has 1 N–H and O–H groups in total. The fourth-order valence-corrected chi connectivity index (χ4v) is 4.91. The second-order valence-corrected chi connectivity index (χ2v) is 12.9. The van der Waals surface area contributed by atoms with Crippen LogP contribution in [0.4, 0.5) is 16.4 Å². The van der Waals surface area contributed by atoms with Crippen molar-refractivity contribution in [1.82, 2.24) is 34.6 Å². The van der Waals surface area contributed by atoms with Gasteiger partial charge in [0.2, 0.25) is 5.95 Å². The van der Waals surface area contributed by atoms with Gasteiger partial charge < -0.3 is 19.4 Å². The number of Topliss-reactive ketones (excluding diaryl/α,β-unsaturated/α-hetero) is 1. The summed E-state index contributed by atoms with van der Waals surface area (Å²) in [5.41, 5.74) is 2.78. The molecule has 5 rings (SSSR count). The quantitative estimate of drug-likeness (QED) is 0.276. The number of anilines is 2. The minimum absolute atomic E-state index is 0.103. The van der Waals surface area contributed by atoms with Crippen LogP contribution >= 0.6 is 0 Å². The molecule has 1 aliphatic rings. The minimum atomic E-state index is -0.635. The van der Waals surface area contributed by atoms with Gasteiger partial charge in [-0.1, -0.05) is 32.9 Å². The molecular weight excluding hydrogens is 548 g/mol. The fraction of sp³-hybridized carbons (Fsp3) is 0.452. The molecule has 1 amide bonds. The average Bonchev–Trinajstić information content (AvgIpc) is 3.55. The summed E-state index contributed by atoms with van der Waals surface area (Å²) < 4.78 is 13.0. The lowest BCUT2D eigenvalue weighted by molar-refractivity contribution is 0.0235. The summed E-state index contributed by atoms with van der Waals surface area (Å²) >= 11 is 0. The van der Waals surface area contributed by atoms with Crippen LogP contribution in [-0.4, -0.2) is 58.6 Å². The molecule has 4 heterocycles. The zero-order chi connectivity index (χ0) is 30.9. The van der Waals surface area contributed by atoms with Crippen molar-refractivity contribution in [3.63, 3.8) is 0 Å². The van der Waals surface area contributed by atoms with Crippen LogP contribution < -0.4 is 5.32 Å². The number of fused-ring (bicyclic) bond motifs is 1. The Hall–Kier alpha value is -4.61. The van der Waals surface area contributed by atoms with Crippen molar-refractivity contribution in [1.29, 1.82) is 0 Å². The van der Waals surface area contributed by atoms with Crippen LogP contribution in [0.1, 0.15) is 87.8 Å². The van der Waals surface area contributed by atoms with E-state index in [0.29, 0.717) is 42.9 Å². The van der Waals surface area contributed by atoms with Crippen molar-refractivity contribution in [3.05, 3.63) is 65.9 Å². The molecule has 0 bridgehead atoms. The maximum absolute atomic E-state index is 13.4. The van der Waals surface area contributed by atoms with Crippen LogP contribution in [0.2, 0.25) is 0 Å². The number of ketones is 1. The summed E-state index contributed by atoms with van der Waals surface area (Å²) in [6.07, 6.45) is 6.81. The van der Waals surface area contributed by atoms with Gasteiger partial charge >= 0.3 is 6.09 Å². The zero-order valence-corrected chi connectivity index (χ0v) is 25.7. The number of hydrogen-bond donors (Lipinski definition) is 1. The van der Waals surface area contributed by atoms with Gasteiger partial charge in [-0.25, -0.2) is 19.7 Å². The maximum atomic E-state index is 13.4.